The Hall–Kier alpha value is -1.50. The van der Waals surface area contributed by atoms with Crippen molar-refractivity contribution in [3.05, 3.63) is 0 Å². The lowest BCUT2D eigenvalue weighted by atomic mass is 10.0. The van der Waals surface area contributed by atoms with Crippen LogP contribution < -0.4 is 10.6 Å². The van der Waals surface area contributed by atoms with Gasteiger partial charge >= 0.3 is 11.9 Å². The van der Waals surface area contributed by atoms with Crippen LogP contribution in [0.4, 0.5) is 0 Å². The molecule has 0 radical (unpaired) electrons. The zero-order chi connectivity index (χ0) is 42.9. The minimum Gasteiger partial charge on any atom is -0.480 e. The third-order valence-electron chi connectivity index (χ3n) is 10.8. The lowest BCUT2D eigenvalue weighted by Gasteiger charge is -2.15. The summed E-state index contributed by atoms with van der Waals surface area (Å²) in [6.07, 6.45) is 36.0. The van der Waals surface area contributed by atoms with E-state index in [0.29, 0.717) is 37.2 Å². The molecule has 0 rings (SSSR count). The molecule has 10 nitrogen and oxygen atoms in total. The molecule has 2 unspecified atom stereocenters. The van der Waals surface area contributed by atoms with E-state index < -0.39 is 24.0 Å². The first-order valence-corrected chi connectivity index (χ1v) is 26.1. The first kappa shape index (κ1) is 56.5. The Morgan fingerprint density at radius 1 is 0.397 bits per heavy atom. The van der Waals surface area contributed by atoms with Gasteiger partial charge in [0.25, 0.3) is 0 Å². The summed E-state index contributed by atoms with van der Waals surface area (Å²) in [6, 6.07) is -1.86. The third-order valence-corrected chi connectivity index (χ3v) is 13.3. The number of carbonyl (C=O) groups is 4. The molecule has 0 aliphatic heterocycles. The molecule has 0 aromatic rings. The number of nitrogens with zero attached hydrogens (tertiary/aromatic N) is 2. The van der Waals surface area contributed by atoms with Gasteiger partial charge in [0.05, 0.1) is 0 Å². The molecule has 0 bridgehead atoms. The van der Waals surface area contributed by atoms with Crippen molar-refractivity contribution in [2.45, 2.75) is 218 Å². The summed E-state index contributed by atoms with van der Waals surface area (Å²) in [4.78, 5) is 52.8. The summed E-state index contributed by atoms with van der Waals surface area (Å²) < 4.78 is 0. The summed E-state index contributed by atoms with van der Waals surface area (Å²) in [5.41, 5.74) is 0. The Kier molecular flexibility index (Phi) is 41.1. The van der Waals surface area contributed by atoms with E-state index in [9.17, 15) is 29.4 Å². The van der Waals surface area contributed by atoms with Crippen LogP contribution in [0.25, 0.3) is 0 Å². The number of unbranched alkanes of at least 4 members (excludes halogenated alkanes) is 26. The number of carbonyl (C=O) groups excluding carboxylic acids is 2. The van der Waals surface area contributed by atoms with Gasteiger partial charge in [-0.05, 0) is 79.8 Å². The first-order valence-electron chi connectivity index (χ1n) is 23.6. The number of hydrogen-bond acceptors (Lipinski definition) is 8. The third kappa shape index (κ3) is 41.2. The number of hydrogen-bond donors (Lipinski definition) is 4. The average Bonchev–Trinajstić information content (AvgIpc) is 3.17. The Morgan fingerprint density at radius 3 is 0.845 bits per heavy atom. The van der Waals surface area contributed by atoms with E-state index in [1.54, 1.807) is 0 Å². The number of aliphatic carboxylic acids is 2. The van der Waals surface area contributed by atoms with Gasteiger partial charge in [0.15, 0.2) is 0 Å². The smallest absolute Gasteiger partial charge is 0.326 e. The topological polar surface area (TPSA) is 139 Å². The van der Waals surface area contributed by atoms with Gasteiger partial charge in [-0.2, -0.15) is 0 Å². The normalized spacial score (nSPS) is 12.6. The van der Waals surface area contributed by atoms with Crippen LogP contribution in [0.3, 0.4) is 0 Å². The van der Waals surface area contributed by atoms with Crippen molar-refractivity contribution >= 4 is 45.3 Å². The monoisotopic (exact) mass is 859 g/mol. The molecule has 0 aromatic heterocycles. The highest BCUT2D eigenvalue weighted by atomic mass is 33.1. The maximum absolute atomic E-state index is 12.4. The average molecular weight is 859 g/mol. The maximum atomic E-state index is 12.4. The minimum absolute atomic E-state index is 0.212. The highest BCUT2D eigenvalue weighted by molar-refractivity contribution is 8.76. The summed E-state index contributed by atoms with van der Waals surface area (Å²) in [5, 5.41) is 24.6. The number of carboxylic acid groups (broad SMARTS) is 2. The standard InChI is InChI=1S/C46H90N4O6S2/c1-49(2)37-31-27-23-19-15-11-7-5-9-13-17-21-25-29-33-43(51)47-41(45(53)54)35-39-57-58-40-36-42(46(55)56)48-44(52)34-30-26-22-18-14-10-6-8-12-16-20-24-28-32-38-50(3)4/h41-42H,5-40H2,1-4H3,(H,47,51)(H,48,52)(H,53,54)(H,55,56). The van der Waals surface area contributed by atoms with Crippen LogP contribution in [0.2, 0.25) is 0 Å². The van der Waals surface area contributed by atoms with Crippen LogP contribution in [-0.4, -0.2) is 109 Å². The van der Waals surface area contributed by atoms with Crippen molar-refractivity contribution in [3.63, 3.8) is 0 Å². The largest absolute Gasteiger partial charge is 0.480 e. The first-order chi connectivity index (χ1) is 28.0. The van der Waals surface area contributed by atoms with Gasteiger partial charge in [0.2, 0.25) is 11.8 Å². The molecule has 0 heterocycles. The molecule has 0 aliphatic rings. The number of carboxylic acids is 2. The van der Waals surface area contributed by atoms with Crippen molar-refractivity contribution < 1.29 is 29.4 Å². The van der Waals surface area contributed by atoms with Gasteiger partial charge in [0.1, 0.15) is 12.1 Å². The van der Waals surface area contributed by atoms with Crippen LogP contribution in [-0.2, 0) is 19.2 Å². The lowest BCUT2D eigenvalue weighted by molar-refractivity contribution is -0.142. The van der Waals surface area contributed by atoms with E-state index in [-0.39, 0.29) is 11.8 Å². The van der Waals surface area contributed by atoms with Gasteiger partial charge in [-0.1, -0.05) is 176 Å². The molecule has 0 spiro atoms. The van der Waals surface area contributed by atoms with Crippen LogP contribution >= 0.6 is 21.6 Å². The van der Waals surface area contributed by atoms with Crippen LogP contribution in [0, 0.1) is 0 Å². The molecular formula is C46H90N4O6S2. The highest BCUT2D eigenvalue weighted by Gasteiger charge is 2.21. The van der Waals surface area contributed by atoms with E-state index in [1.807, 2.05) is 0 Å². The van der Waals surface area contributed by atoms with Gasteiger partial charge in [-0.15, -0.1) is 0 Å². The predicted octanol–water partition coefficient (Wildman–Crippen LogP) is 11.1. The summed E-state index contributed by atoms with van der Waals surface area (Å²) >= 11 is 0. The Labute approximate surface area is 364 Å². The van der Waals surface area contributed by atoms with Crippen molar-refractivity contribution in [2.75, 3.05) is 52.8 Å². The quantitative estimate of drug-likeness (QED) is 0.0346. The Bertz CT molecular complexity index is 914. The molecule has 0 aromatic carbocycles. The summed E-state index contributed by atoms with van der Waals surface area (Å²) in [5.74, 6) is -1.47. The second-order valence-corrected chi connectivity index (χ2v) is 19.8. The van der Waals surface area contributed by atoms with Crippen LogP contribution in [0.15, 0.2) is 0 Å². The fourth-order valence-corrected chi connectivity index (χ4v) is 9.35. The number of amides is 2. The fourth-order valence-electron chi connectivity index (χ4n) is 7.17. The zero-order valence-electron chi connectivity index (χ0n) is 37.8. The predicted molar refractivity (Wildman–Crippen MR) is 249 cm³/mol. The Balaban J connectivity index is 3.80. The molecule has 342 valence electrons. The summed E-state index contributed by atoms with van der Waals surface area (Å²) in [7, 11) is 11.5. The van der Waals surface area contributed by atoms with E-state index in [2.05, 4.69) is 48.6 Å². The summed E-state index contributed by atoms with van der Waals surface area (Å²) in [6.45, 7) is 2.40. The van der Waals surface area contributed by atoms with Crippen LogP contribution in [0.1, 0.15) is 205 Å². The van der Waals surface area contributed by atoms with Crippen molar-refractivity contribution in [2.24, 2.45) is 0 Å². The zero-order valence-corrected chi connectivity index (χ0v) is 39.5. The molecule has 12 heteroatoms. The molecular weight excluding hydrogens is 769 g/mol. The highest BCUT2D eigenvalue weighted by Crippen LogP contribution is 2.24. The number of rotatable bonds is 45. The molecule has 2 atom stereocenters. The van der Waals surface area contributed by atoms with Gasteiger partial charge in [-0.25, -0.2) is 9.59 Å². The fraction of sp³-hybridized carbons (Fsp3) is 0.913. The SMILES string of the molecule is CN(C)CCCCCCCCCCCCCCCCC(=O)NC(CCSSCCC(NC(=O)CCCCCCCCCCCCCCCCN(C)C)C(=O)O)C(=O)O. The second-order valence-electron chi connectivity index (χ2n) is 17.1. The molecule has 0 saturated heterocycles. The van der Waals surface area contributed by atoms with Gasteiger partial charge in [-0.3, -0.25) is 9.59 Å². The molecule has 58 heavy (non-hydrogen) atoms. The molecule has 0 aliphatic carbocycles. The van der Waals surface area contributed by atoms with Crippen molar-refractivity contribution in [1.82, 2.24) is 20.4 Å². The Morgan fingerprint density at radius 2 is 0.621 bits per heavy atom. The second kappa shape index (κ2) is 42.2. The number of nitrogens with one attached hydrogen (secondary N) is 2. The lowest BCUT2D eigenvalue weighted by Crippen LogP contribution is -2.41. The van der Waals surface area contributed by atoms with Crippen molar-refractivity contribution in [3.8, 4) is 0 Å². The van der Waals surface area contributed by atoms with E-state index in [1.165, 1.54) is 176 Å². The van der Waals surface area contributed by atoms with E-state index in [0.717, 1.165) is 38.5 Å². The van der Waals surface area contributed by atoms with E-state index in [4.69, 9.17) is 0 Å². The minimum atomic E-state index is -1.04. The molecule has 0 fully saturated rings. The molecule has 0 saturated carbocycles. The van der Waals surface area contributed by atoms with Gasteiger partial charge < -0.3 is 30.6 Å². The van der Waals surface area contributed by atoms with Gasteiger partial charge in [0, 0.05) is 24.3 Å². The molecule has 2 amide bonds. The maximum Gasteiger partial charge on any atom is 0.326 e. The molecule has 4 N–H and O–H groups in total. The van der Waals surface area contributed by atoms with Crippen LogP contribution in [0.5, 0.6) is 0 Å². The van der Waals surface area contributed by atoms with E-state index >= 15 is 0 Å². The van der Waals surface area contributed by atoms with Crippen molar-refractivity contribution in [1.29, 1.82) is 0 Å².